The van der Waals surface area contributed by atoms with Crippen molar-refractivity contribution in [2.75, 3.05) is 13.1 Å². The summed E-state index contributed by atoms with van der Waals surface area (Å²) in [6.45, 7) is 1.06. The molecule has 0 amide bonds. The van der Waals surface area contributed by atoms with Gasteiger partial charge in [-0.3, -0.25) is 0 Å². The summed E-state index contributed by atoms with van der Waals surface area (Å²) in [7, 11) is -3.55. The molecule has 114 valence electrons. The maximum atomic E-state index is 13.0. The first-order chi connectivity index (χ1) is 10.1. The molecule has 1 fully saturated rings. The van der Waals surface area contributed by atoms with Crippen LogP contribution in [0, 0.1) is 0 Å². The lowest BCUT2D eigenvalue weighted by Gasteiger charge is -2.34. The van der Waals surface area contributed by atoms with Crippen molar-refractivity contribution in [1.82, 2.24) is 13.1 Å². The second-order valence-electron chi connectivity index (χ2n) is 5.23. The molecule has 2 N–H and O–H groups in total. The summed E-state index contributed by atoms with van der Waals surface area (Å²) in [5, 5.41) is 0. The average molecular weight is 326 g/mol. The van der Waals surface area contributed by atoms with Gasteiger partial charge in [-0.25, -0.2) is 8.42 Å². The summed E-state index contributed by atoms with van der Waals surface area (Å²) in [6, 6.07) is 5.12. The van der Waals surface area contributed by atoms with Crippen LogP contribution in [0.2, 0.25) is 0 Å². The molecule has 2 aromatic rings. The van der Waals surface area contributed by atoms with Gasteiger partial charge in [0.15, 0.2) is 0 Å². The second-order valence-corrected chi connectivity index (χ2v) is 7.62. The molecule has 8 heteroatoms. The average Bonchev–Trinajstić information content (AvgIpc) is 2.96. The standard InChI is InChI=1S/C13H18N4O2S2/c14-8-7-10-4-1-2-9-17(10)21(18,19)12-6-3-5-11-13(12)16-20-15-11/h3,5-6,10H,1-2,4,7-9,14H2. The fourth-order valence-electron chi connectivity index (χ4n) is 2.89. The number of nitrogens with zero attached hydrogens (tertiary/aromatic N) is 3. The van der Waals surface area contributed by atoms with E-state index in [0.29, 0.717) is 30.5 Å². The highest BCUT2D eigenvalue weighted by Gasteiger charge is 2.34. The Hall–Kier alpha value is -1.09. The summed E-state index contributed by atoms with van der Waals surface area (Å²) in [5.74, 6) is 0. The normalized spacial score (nSPS) is 20.9. The van der Waals surface area contributed by atoms with Gasteiger partial charge in [-0.2, -0.15) is 13.1 Å². The molecule has 6 nitrogen and oxygen atoms in total. The Morgan fingerprint density at radius 3 is 3.00 bits per heavy atom. The van der Waals surface area contributed by atoms with Gasteiger partial charge in [0.05, 0.1) is 11.7 Å². The summed E-state index contributed by atoms with van der Waals surface area (Å²) in [4.78, 5) is 0.262. The number of hydrogen-bond acceptors (Lipinski definition) is 6. The Morgan fingerprint density at radius 1 is 1.33 bits per heavy atom. The summed E-state index contributed by atoms with van der Waals surface area (Å²) in [5.41, 5.74) is 6.74. The molecule has 0 radical (unpaired) electrons. The SMILES string of the molecule is NCCC1CCCCN1S(=O)(=O)c1cccc2nsnc12. The third-order valence-electron chi connectivity index (χ3n) is 3.91. The van der Waals surface area contributed by atoms with E-state index in [0.717, 1.165) is 31.0 Å². The van der Waals surface area contributed by atoms with Crippen LogP contribution in [0.1, 0.15) is 25.7 Å². The van der Waals surface area contributed by atoms with Crippen LogP contribution in [0.25, 0.3) is 11.0 Å². The van der Waals surface area contributed by atoms with E-state index in [-0.39, 0.29) is 10.9 Å². The molecule has 21 heavy (non-hydrogen) atoms. The van der Waals surface area contributed by atoms with Crippen molar-refractivity contribution in [3.63, 3.8) is 0 Å². The summed E-state index contributed by atoms with van der Waals surface area (Å²) in [6.07, 6.45) is 3.52. The Labute approximate surface area is 128 Å². The minimum absolute atomic E-state index is 0.00407. The monoisotopic (exact) mass is 326 g/mol. The molecule has 1 aromatic heterocycles. The molecule has 3 rings (SSSR count). The predicted molar refractivity (Wildman–Crippen MR) is 82.6 cm³/mol. The lowest BCUT2D eigenvalue weighted by atomic mass is 10.0. The van der Waals surface area contributed by atoms with Crippen molar-refractivity contribution >= 4 is 32.8 Å². The minimum atomic E-state index is -3.55. The number of benzene rings is 1. The zero-order valence-corrected chi connectivity index (χ0v) is 13.2. The predicted octanol–water partition coefficient (Wildman–Crippen LogP) is 1.58. The quantitative estimate of drug-likeness (QED) is 0.921. The van der Waals surface area contributed by atoms with Crippen molar-refractivity contribution in [2.24, 2.45) is 5.73 Å². The van der Waals surface area contributed by atoms with Crippen LogP contribution in [0.15, 0.2) is 23.1 Å². The van der Waals surface area contributed by atoms with E-state index in [9.17, 15) is 8.42 Å². The van der Waals surface area contributed by atoms with E-state index in [2.05, 4.69) is 8.75 Å². The summed E-state index contributed by atoms with van der Waals surface area (Å²) >= 11 is 1.04. The molecule has 0 bridgehead atoms. The molecule has 1 aromatic carbocycles. The highest BCUT2D eigenvalue weighted by atomic mass is 32.2. The smallest absolute Gasteiger partial charge is 0.245 e. The Bertz CT molecular complexity index is 727. The fourth-order valence-corrected chi connectivity index (χ4v) is 5.37. The van der Waals surface area contributed by atoms with Gasteiger partial charge >= 0.3 is 0 Å². The van der Waals surface area contributed by atoms with Gasteiger partial charge in [-0.1, -0.05) is 12.5 Å². The van der Waals surface area contributed by atoms with Gasteiger partial charge in [0.1, 0.15) is 15.9 Å². The highest BCUT2D eigenvalue weighted by Crippen LogP contribution is 2.30. The maximum absolute atomic E-state index is 13.0. The third kappa shape index (κ3) is 2.68. The number of sulfonamides is 1. The third-order valence-corrected chi connectivity index (χ3v) is 6.43. The highest BCUT2D eigenvalue weighted by molar-refractivity contribution is 7.89. The molecule has 1 unspecified atom stereocenters. The second kappa shape index (κ2) is 5.96. The van der Waals surface area contributed by atoms with Gasteiger partial charge in [-0.05, 0) is 37.9 Å². The van der Waals surface area contributed by atoms with E-state index in [1.165, 1.54) is 0 Å². The zero-order valence-electron chi connectivity index (χ0n) is 11.6. The van der Waals surface area contributed by atoms with Gasteiger partial charge in [0.25, 0.3) is 0 Å². The van der Waals surface area contributed by atoms with Crippen LogP contribution >= 0.6 is 11.7 Å². The lowest BCUT2D eigenvalue weighted by molar-refractivity contribution is 0.243. The van der Waals surface area contributed by atoms with Crippen molar-refractivity contribution in [3.8, 4) is 0 Å². The maximum Gasteiger partial charge on any atom is 0.245 e. The van der Waals surface area contributed by atoms with Crippen molar-refractivity contribution in [2.45, 2.75) is 36.6 Å². The Morgan fingerprint density at radius 2 is 2.19 bits per heavy atom. The van der Waals surface area contributed by atoms with E-state index in [4.69, 9.17) is 5.73 Å². The molecule has 1 aliphatic heterocycles. The van der Waals surface area contributed by atoms with Gasteiger partial charge < -0.3 is 5.73 Å². The van der Waals surface area contributed by atoms with E-state index in [1.807, 2.05) is 0 Å². The summed E-state index contributed by atoms with van der Waals surface area (Å²) < 4.78 is 35.9. The molecule has 1 saturated heterocycles. The number of rotatable bonds is 4. The largest absolute Gasteiger partial charge is 0.330 e. The fraction of sp³-hybridized carbons (Fsp3) is 0.538. The number of fused-ring (bicyclic) bond motifs is 1. The van der Waals surface area contributed by atoms with Crippen LogP contribution < -0.4 is 5.73 Å². The number of piperidine rings is 1. The first kappa shape index (κ1) is 14.8. The van der Waals surface area contributed by atoms with Crippen LogP contribution in [-0.2, 0) is 10.0 Å². The zero-order chi connectivity index (χ0) is 14.9. The van der Waals surface area contributed by atoms with Gasteiger partial charge in [-0.15, -0.1) is 0 Å². The molecule has 1 aliphatic rings. The van der Waals surface area contributed by atoms with Gasteiger partial charge in [0, 0.05) is 12.6 Å². The van der Waals surface area contributed by atoms with E-state index < -0.39 is 10.0 Å². The van der Waals surface area contributed by atoms with Crippen LogP contribution in [0.5, 0.6) is 0 Å². The first-order valence-corrected chi connectivity index (χ1v) is 9.25. The minimum Gasteiger partial charge on any atom is -0.330 e. The number of hydrogen-bond donors (Lipinski definition) is 1. The van der Waals surface area contributed by atoms with Crippen LogP contribution in [0.4, 0.5) is 0 Å². The van der Waals surface area contributed by atoms with Crippen molar-refractivity contribution < 1.29 is 8.42 Å². The molecular weight excluding hydrogens is 308 g/mol. The molecule has 1 atom stereocenters. The molecule has 0 aliphatic carbocycles. The Kier molecular flexibility index (Phi) is 4.21. The van der Waals surface area contributed by atoms with Crippen molar-refractivity contribution in [3.05, 3.63) is 18.2 Å². The lowest BCUT2D eigenvalue weighted by Crippen LogP contribution is -2.44. The molecule has 0 saturated carbocycles. The van der Waals surface area contributed by atoms with Gasteiger partial charge in [0.2, 0.25) is 10.0 Å². The topological polar surface area (TPSA) is 89.2 Å². The van der Waals surface area contributed by atoms with Crippen LogP contribution in [-0.4, -0.2) is 40.6 Å². The van der Waals surface area contributed by atoms with Crippen LogP contribution in [0.3, 0.4) is 0 Å². The molecular formula is C13H18N4O2S2. The Balaban J connectivity index is 2.04. The molecule has 0 spiro atoms. The number of aromatic nitrogens is 2. The molecule has 2 heterocycles. The first-order valence-electron chi connectivity index (χ1n) is 7.08. The number of nitrogens with two attached hydrogens (primary N) is 1. The van der Waals surface area contributed by atoms with Crippen molar-refractivity contribution in [1.29, 1.82) is 0 Å². The van der Waals surface area contributed by atoms with E-state index >= 15 is 0 Å². The van der Waals surface area contributed by atoms with E-state index in [1.54, 1.807) is 22.5 Å².